The smallest absolute Gasteiger partial charge is 0.248 e. The lowest BCUT2D eigenvalue weighted by atomic mass is 10.2. The molecular weight excluding hydrogens is 258 g/mol. The maximum absolute atomic E-state index is 10.8. The topological polar surface area (TPSA) is 55.1 Å². The number of primary amides is 1. The number of benzene rings is 1. The van der Waals surface area contributed by atoms with Crippen LogP contribution in [0.15, 0.2) is 24.3 Å². The molecule has 6 heteroatoms. The van der Waals surface area contributed by atoms with Crippen molar-refractivity contribution in [3.05, 3.63) is 29.8 Å². The lowest BCUT2D eigenvalue weighted by Gasteiger charge is -2.12. The van der Waals surface area contributed by atoms with Gasteiger partial charge in [-0.3, -0.25) is 4.79 Å². The number of hydrogen-bond donors (Lipinski definition) is 2. The molecule has 3 N–H and O–H groups in total. The third-order valence-corrected chi connectivity index (χ3v) is 2.06. The van der Waals surface area contributed by atoms with E-state index in [4.69, 9.17) is 40.5 Å². The molecule has 82 valence electrons. The molecule has 1 aromatic rings. The minimum absolute atomic E-state index is 0.188. The summed E-state index contributed by atoms with van der Waals surface area (Å²) in [5, 5.41) is 2.90. The molecule has 0 aromatic heterocycles. The van der Waals surface area contributed by atoms with Gasteiger partial charge in [-0.25, -0.2) is 0 Å². The number of carbonyl (C=O) groups is 1. The summed E-state index contributed by atoms with van der Waals surface area (Å²) in [6.45, 7) is 0.188. The summed E-state index contributed by atoms with van der Waals surface area (Å²) in [5.41, 5.74) is 6.28. The quantitative estimate of drug-likeness (QED) is 0.827. The van der Waals surface area contributed by atoms with E-state index in [-0.39, 0.29) is 6.54 Å². The molecule has 0 saturated carbocycles. The van der Waals surface area contributed by atoms with Crippen LogP contribution in [0, 0.1) is 0 Å². The molecule has 0 saturated heterocycles. The van der Waals surface area contributed by atoms with E-state index in [0.717, 1.165) is 5.69 Å². The van der Waals surface area contributed by atoms with E-state index in [1.165, 1.54) is 0 Å². The monoisotopic (exact) mass is 266 g/mol. The predicted octanol–water partition coefficient (Wildman–Crippen LogP) is 2.57. The summed E-state index contributed by atoms with van der Waals surface area (Å²) in [6.07, 6.45) is 0. The zero-order valence-corrected chi connectivity index (χ0v) is 9.90. The Kier molecular flexibility index (Phi) is 4.08. The minimum Gasteiger partial charge on any atom is -0.381 e. The molecule has 15 heavy (non-hydrogen) atoms. The molecule has 0 fully saturated rings. The van der Waals surface area contributed by atoms with Crippen LogP contribution in [0.2, 0.25) is 0 Å². The molecule has 0 aliphatic carbocycles. The van der Waals surface area contributed by atoms with Gasteiger partial charge >= 0.3 is 0 Å². The maximum atomic E-state index is 10.8. The number of nitrogens with two attached hydrogens (primary N) is 1. The van der Waals surface area contributed by atoms with Crippen LogP contribution in [0.25, 0.3) is 0 Å². The third kappa shape index (κ3) is 4.60. The van der Waals surface area contributed by atoms with Crippen LogP contribution in [-0.2, 0) is 0 Å². The number of nitrogens with one attached hydrogen (secondary N) is 1. The first kappa shape index (κ1) is 12.4. The number of hydrogen-bond acceptors (Lipinski definition) is 2. The lowest BCUT2D eigenvalue weighted by Crippen LogP contribution is -2.18. The van der Waals surface area contributed by atoms with E-state index in [9.17, 15) is 4.79 Å². The summed E-state index contributed by atoms with van der Waals surface area (Å²) in [6, 6.07) is 6.58. The molecule has 0 aliphatic rings. The Morgan fingerprint density at radius 3 is 2.20 bits per heavy atom. The number of rotatable bonds is 3. The second-order valence-corrected chi connectivity index (χ2v) is 5.43. The van der Waals surface area contributed by atoms with Crippen LogP contribution in [-0.4, -0.2) is 16.2 Å². The van der Waals surface area contributed by atoms with E-state index in [0.29, 0.717) is 5.56 Å². The molecule has 1 aromatic carbocycles. The van der Waals surface area contributed by atoms with Gasteiger partial charge < -0.3 is 11.1 Å². The Morgan fingerprint density at radius 1 is 1.27 bits per heavy atom. The van der Waals surface area contributed by atoms with Crippen LogP contribution in [0.5, 0.6) is 0 Å². The molecule has 0 bridgehead atoms. The van der Waals surface area contributed by atoms with Crippen molar-refractivity contribution in [3.8, 4) is 0 Å². The molecule has 1 amide bonds. The van der Waals surface area contributed by atoms with Gasteiger partial charge in [-0.15, -0.1) is 0 Å². The highest BCUT2D eigenvalue weighted by Gasteiger charge is 2.18. The van der Waals surface area contributed by atoms with Crippen LogP contribution >= 0.6 is 34.8 Å². The predicted molar refractivity (Wildman–Crippen MR) is 63.7 cm³/mol. The van der Waals surface area contributed by atoms with Gasteiger partial charge in [0, 0.05) is 11.3 Å². The largest absolute Gasteiger partial charge is 0.381 e. The normalized spacial score (nSPS) is 11.1. The Morgan fingerprint density at radius 2 is 1.80 bits per heavy atom. The third-order valence-electron chi connectivity index (χ3n) is 1.66. The zero-order chi connectivity index (χ0) is 11.5. The van der Waals surface area contributed by atoms with Crippen molar-refractivity contribution in [2.45, 2.75) is 3.79 Å². The fourth-order valence-electron chi connectivity index (χ4n) is 0.955. The molecule has 3 nitrogen and oxygen atoms in total. The Hall–Kier alpha value is -0.640. The molecule has 0 aliphatic heterocycles. The van der Waals surface area contributed by atoms with Gasteiger partial charge in [-0.1, -0.05) is 34.8 Å². The van der Waals surface area contributed by atoms with Crippen molar-refractivity contribution in [1.29, 1.82) is 0 Å². The van der Waals surface area contributed by atoms with Crippen LogP contribution in [0.3, 0.4) is 0 Å². The van der Waals surface area contributed by atoms with Gasteiger partial charge in [0.2, 0.25) is 9.70 Å². The van der Waals surface area contributed by atoms with Gasteiger partial charge in [0.05, 0.1) is 6.54 Å². The molecule has 0 unspecified atom stereocenters. The summed E-state index contributed by atoms with van der Waals surface area (Å²) < 4.78 is -1.34. The van der Waals surface area contributed by atoms with Crippen LogP contribution < -0.4 is 11.1 Å². The van der Waals surface area contributed by atoms with Crippen molar-refractivity contribution in [2.75, 3.05) is 11.9 Å². The van der Waals surface area contributed by atoms with E-state index in [1.54, 1.807) is 24.3 Å². The van der Waals surface area contributed by atoms with Gasteiger partial charge in [0.25, 0.3) is 0 Å². The van der Waals surface area contributed by atoms with Crippen LogP contribution in [0.4, 0.5) is 5.69 Å². The van der Waals surface area contributed by atoms with Gasteiger partial charge in [0.1, 0.15) is 0 Å². The Labute approximate surface area is 102 Å². The molecule has 1 rings (SSSR count). The molecule has 0 heterocycles. The number of carbonyl (C=O) groups excluding carboxylic acids is 1. The Balaban J connectivity index is 2.61. The van der Waals surface area contributed by atoms with Crippen molar-refractivity contribution in [1.82, 2.24) is 0 Å². The summed E-state index contributed by atoms with van der Waals surface area (Å²) >= 11 is 16.7. The highest BCUT2D eigenvalue weighted by molar-refractivity contribution is 6.67. The fraction of sp³-hybridized carbons (Fsp3) is 0.222. The van der Waals surface area contributed by atoms with Gasteiger partial charge in [0.15, 0.2) is 0 Å². The maximum Gasteiger partial charge on any atom is 0.248 e. The number of alkyl halides is 3. The standard InChI is InChI=1S/C9H9Cl3N2O/c10-9(11,12)5-14-7-3-1-6(2-4-7)8(13)15/h1-4,14H,5H2,(H2,13,15). The highest BCUT2D eigenvalue weighted by atomic mass is 35.6. The van der Waals surface area contributed by atoms with Crippen molar-refractivity contribution in [3.63, 3.8) is 0 Å². The SMILES string of the molecule is NC(=O)c1ccc(NCC(Cl)(Cl)Cl)cc1. The minimum atomic E-state index is -1.34. The van der Waals surface area contributed by atoms with Crippen LogP contribution in [0.1, 0.15) is 10.4 Å². The molecule has 0 atom stereocenters. The summed E-state index contributed by atoms with van der Waals surface area (Å²) in [4.78, 5) is 10.8. The summed E-state index contributed by atoms with van der Waals surface area (Å²) in [5.74, 6) is -0.470. The van der Waals surface area contributed by atoms with Gasteiger partial charge in [-0.05, 0) is 24.3 Å². The first-order valence-corrected chi connectivity index (χ1v) is 5.22. The van der Waals surface area contributed by atoms with E-state index < -0.39 is 9.70 Å². The molecule has 0 spiro atoms. The first-order valence-electron chi connectivity index (χ1n) is 4.09. The average Bonchev–Trinajstić information content (AvgIpc) is 2.14. The van der Waals surface area contributed by atoms with E-state index in [1.807, 2.05) is 0 Å². The molecule has 0 radical (unpaired) electrons. The Bertz CT molecular complexity index is 345. The van der Waals surface area contributed by atoms with Crippen molar-refractivity contribution in [2.24, 2.45) is 5.73 Å². The number of halogens is 3. The second kappa shape index (κ2) is 4.92. The average molecular weight is 268 g/mol. The van der Waals surface area contributed by atoms with Crippen molar-refractivity contribution >= 4 is 46.4 Å². The van der Waals surface area contributed by atoms with Crippen molar-refractivity contribution < 1.29 is 4.79 Å². The van der Waals surface area contributed by atoms with E-state index >= 15 is 0 Å². The van der Waals surface area contributed by atoms with E-state index in [2.05, 4.69) is 5.32 Å². The fourth-order valence-corrected chi connectivity index (χ4v) is 1.16. The first-order chi connectivity index (χ1) is 6.88. The van der Waals surface area contributed by atoms with Gasteiger partial charge in [-0.2, -0.15) is 0 Å². The molecular formula is C9H9Cl3N2O. The second-order valence-electron chi connectivity index (χ2n) is 2.91. The summed E-state index contributed by atoms with van der Waals surface area (Å²) in [7, 11) is 0. The highest BCUT2D eigenvalue weighted by Crippen LogP contribution is 2.26. The lowest BCUT2D eigenvalue weighted by molar-refractivity contribution is 0.100. The number of amides is 1. The number of anilines is 1. The zero-order valence-electron chi connectivity index (χ0n) is 7.64.